The number of benzene rings is 1. The molecule has 18 heavy (non-hydrogen) atoms. The first-order valence-corrected chi connectivity index (χ1v) is 6.48. The van der Waals surface area contributed by atoms with E-state index in [1.807, 2.05) is 18.2 Å². The summed E-state index contributed by atoms with van der Waals surface area (Å²) in [6, 6.07) is 10.4. The predicted octanol–water partition coefficient (Wildman–Crippen LogP) is 4.52. The number of hydrogen-bond donors (Lipinski definition) is 0. The largest absolute Gasteiger partial charge is 0.433 e. The van der Waals surface area contributed by atoms with Crippen LogP contribution in [0, 0.1) is 10.1 Å². The van der Waals surface area contributed by atoms with Crippen LogP contribution in [0.2, 0.25) is 5.02 Å². The molecule has 2 aromatic rings. The average molecular weight is 331 g/mol. The number of nitro groups is 1. The van der Waals surface area contributed by atoms with Crippen LogP contribution in [0.15, 0.2) is 40.8 Å². The number of furan rings is 1. The second-order valence-electron chi connectivity index (χ2n) is 3.73. The molecular formula is C12H9BrClNO3. The molecule has 0 aliphatic rings. The van der Waals surface area contributed by atoms with Gasteiger partial charge in [0.25, 0.3) is 0 Å². The zero-order valence-electron chi connectivity index (χ0n) is 9.18. The molecule has 0 amide bonds. The molecule has 0 fully saturated rings. The fraction of sp³-hybridized carbons (Fsp3) is 0.167. The Kier molecular flexibility index (Phi) is 4.04. The Hall–Kier alpha value is -1.33. The minimum Gasteiger partial charge on any atom is -0.405 e. The second-order valence-corrected chi connectivity index (χ2v) is 5.28. The Balaban J connectivity index is 2.11. The van der Waals surface area contributed by atoms with E-state index in [-0.39, 0.29) is 10.7 Å². The normalized spacial score (nSPS) is 12.3. The van der Waals surface area contributed by atoms with E-state index in [1.165, 1.54) is 6.07 Å². The van der Waals surface area contributed by atoms with Gasteiger partial charge in [-0.05, 0) is 30.2 Å². The lowest BCUT2D eigenvalue weighted by molar-refractivity contribution is -0.402. The van der Waals surface area contributed by atoms with Gasteiger partial charge in [-0.25, -0.2) is 0 Å². The van der Waals surface area contributed by atoms with E-state index in [1.54, 1.807) is 12.1 Å². The van der Waals surface area contributed by atoms with Crippen LogP contribution in [-0.4, -0.2) is 4.92 Å². The number of hydrogen-bond acceptors (Lipinski definition) is 3. The second kappa shape index (κ2) is 5.54. The zero-order valence-corrected chi connectivity index (χ0v) is 11.5. The summed E-state index contributed by atoms with van der Waals surface area (Å²) < 4.78 is 5.13. The van der Waals surface area contributed by atoms with Crippen LogP contribution in [0.1, 0.15) is 16.2 Å². The molecule has 0 bridgehead atoms. The van der Waals surface area contributed by atoms with Crippen molar-refractivity contribution in [3.05, 3.63) is 62.9 Å². The van der Waals surface area contributed by atoms with Gasteiger partial charge < -0.3 is 4.42 Å². The standard InChI is InChI=1S/C12H9BrClNO3/c13-10(7-8-2-1-3-9(14)6-8)11-4-5-12(18-11)15(16)17/h1-6,10H,7H2. The zero-order chi connectivity index (χ0) is 13.1. The van der Waals surface area contributed by atoms with Crippen LogP contribution < -0.4 is 0 Å². The molecule has 1 heterocycles. The molecule has 1 atom stereocenters. The molecule has 6 heteroatoms. The maximum absolute atomic E-state index is 10.5. The van der Waals surface area contributed by atoms with E-state index in [4.69, 9.17) is 16.0 Å². The first-order valence-electron chi connectivity index (χ1n) is 5.19. The first kappa shape index (κ1) is 13.1. The minimum absolute atomic E-state index is 0.121. The van der Waals surface area contributed by atoms with E-state index < -0.39 is 4.92 Å². The molecule has 4 nitrogen and oxygen atoms in total. The fourth-order valence-corrected chi connectivity index (χ4v) is 2.41. The fourth-order valence-electron chi connectivity index (χ4n) is 1.58. The predicted molar refractivity (Wildman–Crippen MR) is 72.2 cm³/mol. The molecule has 1 aromatic carbocycles. The summed E-state index contributed by atoms with van der Waals surface area (Å²) >= 11 is 9.34. The summed E-state index contributed by atoms with van der Waals surface area (Å²) in [5.74, 6) is 0.280. The van der Waals surface area contributed by atoms with Crippen LogP contribution >= 0.6 is 27.5 Å². The summed E-state index contributed by atoms with van der Waals surface area (Å²) in [5.41, 5.74) is 1.03. The Morgan fingerprint density at radius 1 is 1.39 bits per heavy atom. The summed E-state index contributed by atoms with van der Waals surface area (Å²) in [5, 5.41) is 11.2. The number of halogens is 2. The Bertz CT molecular complexity index is 570. The molecule has 0 saturated carbocycles. The first-order chi connectivity index (χ1) is 8.56. The van der Waals surface area contributed by atoms with E-state index in [2.05, 4.69) is 15.9 Å². The maximum Gasteiger partial charge on any atom is 0.433 e. The van der Waals surface area contributed by atoms with Gasteiger partial charge in [0.2, 0.25) is 0 Å². The third kappa shape index (κ3) is 3.11. The summed E-state index contributed by atoms with van der Waals surface area (Å²) in [6.07, 6.45) is 0.644. The van der Waals surface area contributed by atoms with Gasteiger partial charge in [-0.1, -0.05) is 39.7 Å². The van der Waals surface area contributed by atoms with Gasteiger partial charge in [0, 0.05) is 5.02 Å². The summed E-state index contributed by atoms with van der Waals surface area (Å²) in [6.45, 7) is 0. The lowest BCUT2D eigenvalue weighted by atomic mass is 10.1. The van der Waals surface area contributed by atoms with Gasteiger partial charge in [-0.15, -0.1) is 0 Å². The minimum atomic E-state index is -0.553. The van der Waals surface area contributed by atoms with Crippen LogP contribution in [0.4, 0.5) is 5.88 Å². The van der Waals surface area contributed by atoms with Crippen LogP contribution in [0.25, 0.3) is 0 Å². The van der Waals surface area contributed by atoms with Crippen molar-refractivity contribution in [2.24, 2.45) is 0 Å². The maximum atomic E-state index is 10.5. The van der Waals surface area contributed by atoms with Crippen LogP contribution in [0.3, 0.4) is 0 Å². The van der Waals surface area contributed by atoms with Gasteiger partial charge in [0.1, 0.15) is 10.7 Å². The quantitative estimate of drug-likeness (QED) is 0.470. The average Bonchev–Trinajstić information content (AvgIpc) is 2.78. The highest BCUT2D eigenvalue weighted by Crippen LogP contribution is 2.31. The topological polar surface area (TPSA) is 56.3 Å². The molecule has 0 spiro atoms. The van der Waals surface area contributed by atoms with Gasteiger partial charge in [0.15, 0.2) is 0 Å². The third-order valence-electron chi connectivity index (χ3n) is 2.41. The Labute approximate surface area is 117 Å². The number of rotatable bonds is 4. The van der Waals surface area contributed by atoms with Crippen molar-refractivity contribution in [2.45, 2.75) is 11.2 Å². The van der Waals surface area contributed by atoms with Crippen molar-refractivity contribution in [1.29, 1.82) is 0 Å². The Morgan fingerprint density at radius 3 is 2.78 bits per heavy atom. The molecule has 2 rings (SSSR count). The highest BCUT2D eigenvalue weighted by atomic mass is 79.9. The highest BCUT2D eigenvalue weighted by molar-refractivity contribution is 9.09. The van der Waals surface area contributed by atoms with Gasteiger partial charge >= 0.3 is 5.88 Å². The lowest BCUT2D eigenvalue weighted by Gasteiger charge is -2.06. The van der Waals surface area contributed by atoms with Crippen molar-refractivity contribution in [3.8, 4) is 0 Å². The molecule has 0 radical (unpaired) electrons. The van der Waals surface area contributed by atoms with Crippen molar-refractivity contribution in [1.82, 2.24) is 0 Å². The molecule has 94 valence electrons. The summed E-state index contributed by atoms with van der Waals surface area (Å²) in [7, 11) is 0. The van der Waals surface area contributed by atoms with Crippen molar-refractivity contribution in [3.63, 3.8) is 0 Å². The number of nitrogens with zero attached hydrogens (tertiary/aromatic N) is 1. The van der Waals surface area contributed by atoms with Gasteiger partial charge in [-0.2, -0.15) is 0 Å². The SMILES string of the molecule is O=[N+]([O-])c1ccc(C(Br)Cc2cccc(Cl)c2)o1. The van der Waals surface area contributed by atoms with E-state index in [0.29, 0.717) is 17.2 Å². The van der Waals surface area contributed by atoms with Gasteiger partial charge in [-0.3, -0.25) is 10.1 Å². The number of alkyl halides is 1. The van der Waals surface area contributed by atoms with E-state index >= 15 is 0 Å². The monoisotopic (exact) mass is 329 g/mol. The third-order valence-corrected chi connectivity index (χ3v) is 3.42. The molecule has 0 aliphatic heterocycles. The van der Waals surface area contributed by atoms with E-state index in [9.17, 15) is 10.1 Å². The molecular weight excluding hydrogens is 321 g/mol. The molecule has 0 saturated heterocycles. The molecule has 1 aromatic heterocycles. The van der Waals surface area contributed by atoms with Crippen molar-refractivity contribution in [2.75, 3.05) is 0 Å². The van der Waals surface area contributed by atoms with Crippen LogP contribution in [-0.2, 0) is 6.42 Å². The Morgan fingerprint density at radius 2 is 2.17 bits per heavy atom. The highest BCUT2D eigenvalue weighted by Gasteiger charge is 2.18. The molecule has 0 N–H and O–H groups in total. The van der Waals surface area contributed by atoms with Crippen molar-refractivity contribution >= 4 is 33.4 Å². The molecule has 0 aliphatic carbocycles. The van der Waals surface area contributed by atoms with Crippen molar-refractivity contribution < 1.29 is 9.34 Å². The molecule has 1 unspecified atom stereocenters. The van der Waals surface area contributed by atoms with E-state index in [0.717, 1.165) is 5.56 Å². The van der Waals surface area contributed by atoms with Crippen LogP contribution in [0.5, 0.6) is 0 Å². The summed E-state index contributed by atoms with van der Waals surface area (Å²) in [4.78, 5) is 9.85. The van der Waals surface area contributed by atoms with Gasteiger partial charge in [0.05, 0.1) is 10.9 Å². The lowest BCUT2D eigenvalue weighted by Crippen LogP contribution is -1.93. The smallest absolute Gasteiger partial charge is 0.405 e.